The SMILES string of the molecule is CCNc1cc(C(=O)NCc2ncn[nH]2)c([N+](=O)[O-])cn1. The van der Waals surface area contributed by atoms with Crippen LogP contribution in [0.1, 0.15) is 23.1 Å². The van der Waals surface area contributed by atoms with Gasteiger partial charge in [-0.15, -0.1) is 0 Å². The second-order valence-corrected chi connectivity index (χ2v) is 3.99. The Morgan fingerprint density at radius 2 is 2.29 bits per heavy atom. The van der Waals surface area contributed by atoms with E-state index in [1.165, 1.54) is 12.4 Å². The molecule has 0 saturated heterocycles. The molecule has 10 nitrogen and oxygen atoms in total. The van der Waals surface area contributed by atoms with Crippen molar-refractivity contribution in [1.29, 1.82) is 0 Å². The Balaban J connectivity index is 2.20. The number of hydrogen-bond acceptors (Lipinski definition) is 7. The van der Waals surface area contributed by atoms with Crippen LogP contribution in [-0.2, 0) is 6.54 Å². The lowest BCUT2D eigenvalue weighted by Crippen LogP contribution is -2.24. The highest BCUT2D eigenvalue weighted by Crippen LogP contribution is 2.20. The monoisotopic (exact) mass is 291 g/mol. The average Bonchev–Trinajstić information content (AvgIpc) is 2.98. The fourth-order valence-corrected chi connectivity index (χ4v) is 1.63. The van der Waals surface area contributed by atoms with Gasteiger partial charge in [-0.05, 0) is 6.92 Å². The van der Waals surface area contributed by atoms with Gasteiger partial charge in [-0.2, -0.15) is 5.10 Å². The lowest BCUT2D eigenvalue weighted by molar-refractivity contribution is -0.385. The Morgan fingerprint density at radius 1 is 1.48 bits per heavy atom. The summed E-state index contributed by atoms with van der Waals surface area (Å²) in [6.07, 6.45) is 2.36. The van der Waals surface area contributed by atoms with Gasteiger partial charge >= 0.3 is 0 Å². The lowest BCUT2D eigenvalue weighted by atomic mass is 10.2. The van der Waals surface area contributed by atoms with Gasteiger partial charge in [-0.3, -0.25) is 20.0 Å². The molecule has 0 bridgehead atoms. The molecule has 0 radical (unpaired) electrons. The fourth-order valence-electron chi connectivity index (χ4n) is 1.63. The molecule has 110 valence electrons. The van der Waals surface area contributed by atoms with Crippen molar-refractivity contribution >= 4 is 17.4 Å². The molecule has 10 heteroatoms. The van der Waals surface area contributed by atoms with Gasteiger partial charge in [-0.25, -0.2) is 9.97 Å². The van der Waals surface area contributed by atoms with Crippen molar-refractivity contribution in [2.45, 2.75) is 13.5 Å². The van der Waals surface area contributed by atoms with Crippen molar-refractivity contribution < 1.29 is 9.72 Å². The first-order chi connectivity index (χ1) is 10.1. The third-order valence-corrected chi connectivity index (χ3v) is 2.56. The molecule has 0 saturated carbocycles. The summed E-state index contributed by atoms with van der Waals surface area (Å²) in [7, 11) is 0. The van der Waals surface area contributed by atoms with E-state index in [0.29, 0.717) is 18.2 Å². The molecule has 0 aliphatic rings. The zero-order chi connectivity index (χ0) is 15.2. The van der Waals surface area contributed by atoms with Crippen molar-refractivity contribution in [3.63, 3.8) is 0 Å². The number of anilines is 1. The van der Waals surface area contributed by atoms with Gasteiger partial charge in [0.15, 0.2) is 0 Å². The number of aromatic nitrogens is 4. The summed E-state index contributed by atoms with van der Waals surface area (Å²) in [5.74, 6) is 0.263. The molecule has 2 aromatic heterocycles. The van der Waals surface area contributed by atoms with E-state index in [1.807, 2.05) is 6.92 Å². The Labute approximate surface area is 119 Å². The summed E-state index contributed by atoms with van der Waals surface area (Å²) >= 11 is 0. The highest BCUT2D eigenvalue weighted by atomic mass is 16.6. The minimum absolute atomic E-state index is 0.0644. The number of amides is 1. The summed E-state index contributed by atoms with van der Waals surface area (Å²) < 4.78 is 0. The summed E-state index contributed by atoms with van der Waals surface area (Å²) in [6.45, 7) is 2.53. The molecule has 2 heterocycles. The molecule has 0 aliphatic carbocycles. The van der Waals surface area contributed by atoms with Gasteiger partial charge in [-0.1, -0.05) is 0 Å². The quantitative estimate of drug-likeness (QED) is 0.519. The number of nitrogens with one attached hydrogen (secondary N) is 3. The molecule has 0 aromatic carbocycles. The van der Waals surface area contributed by atoms with Crippen molar-refractivity contribution in [3.05, 3.63) is 40.1 Å². The molecule has 0 spiro atoms. The van der Waals surface area contributed by atoms with Crippen LogP contribution in [0.25, 0.3) is 0 Å². The minimum Gasteiger partial charge on any atom is -0.370 e. The van der Waals surface area contributed by atoms with Crippen LogP contribution in [0.4, 0.5) is 11.5 Å². The maximum Gasteiger partial charge on any atom is 0.300 e. The lowest BCUT2D eigenvalue weighted by Gasteiger charge is -2.07. The molecule has 1 amide bonds. The maximum atomic E-state index is 12.1. The van der Waals surface area contributed by atoms with E-state index in [0.717, 1.165) is 6.20 Å². The summed E-state index contributed by atoms with van der Waals surface area (Å²) in [5.41, 5.74) is -0.419. The number of aromatic amines is 1. The topological polar surface area (TPSA) is 139 Å². The Hall–Kier alpha value is -3.04. The standard InChI is InChI=1S/C11H13N7O3/c1-2-12-9-3-7(8(4-13-9)18(20)21)11(19)14-5-10-15-6-16-17-10/h3-4,6H,2,5H2,1H3,(H,12,13)(H,14,19)(H,15,16,17). The van der Waals surface area contributed by atoms with Gasteiger partial charge in [0.1, 0.15) is 29.7 Å². The molecule has 2 rings (SSSR count). The second-order valence-electron chi connectivity index (χ2n) is 3.99. The summed E-state index contributed by atoms with van der Waals surface area (Å²) in [4.78, 5) is 30.1. The summed E-state index contributed by atoms with van der Waals surface area (Å²) in [6, 6.07) is 1.34. The van der Waals surface area contributed by atoms with Gasteiger partial charge in [0.05, 0.1) is 11.5 Å². The molecule has 0 unspecified atom stereocenters. The van der Waals surface area contributed by atoms with E-state index >= 15 is 0 Å². The first kappa shape index (κ1) is 14.4. The normalized spacial score (nSPS) is 10.1. The first-order valence-electron chi connectivity index (χ1n) is 6.12. The predicted octanol–water partition coefficient (Wildman–Crippen LogP) is 0.470. The molecule has 2 aromatic rings. The number of nitrogens with zero attached hydrogens (tertiary/aromatic N) is 4. The molecule has 0 fully saturated rings. The Bertz CT molecular complexity index is 641. The van der Waals surface area contributed by atoms with Crippen molar-refractivity contribution in [3.8, 4) is 0 Å². The van der Waals surface area contributed by atoms with Gasteiger partial charge in [0, 0.05) is 12.6 Å². The Morgan fingerprint density at radius 3 is 2.90 bits per heavy atom. The van der Waals surface area contributed by atoms with Crippen molar-refractivity contribution in [2.75, 3.05) is 11.9 Å². The van der Waals surface area contributed by atoms with Crippen LogP contribution < -0.4 is 10.6 Å². The Kier molecular flexibility index (Phi) is 4.39. The van der Waals surface area contributed by atoms with Gasteiger partial charge < -0.3 is 10.6 Å². The van der Waals surface area contributed by atoms with Crippen LogP contribution in [0.15, 0.2) is 18.6 Å². The number of hydrogen-bond donors (Lipinski definition) is 3. The van der Waals surface area contributed by atoms with E-state index in [-0.39, 0.29) is 17.8 Å². The van der Waals surface area contributed by atoms with Crippen LogP contribution in [0.3, 0.4) is 0 Å². The van der Waals surface area contributed by atoms with E-state index in [4.69, 9.17) is 0 Å². The van der Waals surface area contributed by atoms with Gasteiger partial charge in [0.2, 0.25) is 0 Å². The van der Waals surface area contributed by atoms with E-state index in [1.54, 1.807) is 0 Å². The van der Waals surface area contributed by atoms with E-state index < -0.39 is 10.8 Å². The number of nitro groups is 1. The van der Waals surface area contributed by atoms with Crippen LogP contribution >= 0.6 is 0 Å². The molecular formula is C11H13N7O3. The smallest absolute Gasteiger partial charge is 0.300 e. The van der Waals surface area contributed by atoms with Gasteiger partial charge in [0.25, 0.3) is 11.6 Å². The maximum absolute atomic E-state index is 12.1. The minimum atomic E-state index is -0.647. The van der Waals surface area contributed by atoms with Crippen molar-refractivity contribution in [2.24, 2.45) is 0 Å². The number of pyridine rings is 1. The third kappa shape index (κ3) is 3.49. The average molecular weight is 291 g/mol. The van der Waals surface area contributed by atoms with Crippen LogP contribution in [-0.4, -0.2) is 37.5 Å². The number of H-pyrrole nitrogens is 1. The molecule has 3 N–H and O–H groups in total. The largest absolute Gasteiger partial charge is 0.370 e. The van der Waals surface area contributed by atoms with Crippen LogP contribution in [0.5, 0.6) is 0 Å². The highest BCUT2D eigenvalue weighted by Gasteiger charge is 2.21. The number of carbonyl (C=O) groups is 1. The van der Waals surface area contributed by atoms with Crippen LogP contribution in [0.2, 0.25) is 0 Å². The number of carbonyl (C=O) groups excluding carboxylic acids is 1. The summed E-state index contributed by atoms with van der Waals surface area (Å²) in [5, 5.41) is 22.6. The molecule has 0 atom stereocenters. The zero-order valence-corrected chi connectivity index (χ0v) is 11.2. The fraction of sp³-hybridized carbons (Fsp3) is 0.273. The predicted molar refractivity (Wildman–Crippen MR) is 72.6 cm³/mol. The third-order valence-electron chi connectivity index (χ3n) is 2.56. The van der Waals surface area contributed by atoms with Crippen LogP contribution in [0, 0.1) is 10.1 Å². The highest BCUT2D eigenvalue weighted by molar-refractivity contribution is 5.98. The molecule has 21 heavy (non-hydrogen) atoms. The van der Waals surface area contributed by atoms with E-state index in [9.17, 15) is 14.9 Å². The molecule has 0 aliphatic heterocycles. The van der Waals surface area contributed by atoms with Crippen molar-refractivity contribution in [1.82, 2.24) is 25.5 Å². The first-order valence-corrected chi connectivity index (χ1v) is 6.12. The zero-order valence-electron chi connectivity index (χ0n) is 11.2. The second kappa shape index (κ2) is 6.41. The number of rotatable bonds is 6. The van der Waals surface area contributed by atoms with E-state index in [2.05, 4.69) is 30.8 Å². The molecular weight excluding hydrogens is 278 g/mol.